The van der Waals surface area contributed by atoms with E-state index in [2.05, 4.69) is 9.24 Å². The van der Waals surface area contributed by atoms with Gasteiger partial charge in [-0.05, 0) is 27.2 Å². The Morgan fingerprint density at radius 3 is 2.36 bits per heavy atom. The highest BCUT2D eigenvalue weighted by Gasteiger charge is 2.23. The third-order valence-electron chi connectivity index (χ3n) is 1.80. The molecule has 2 atom stereocenters. The van der Waals surface area contributed by atoms with Crippen molar-refractivity contribution in [2.24, 2.45) is 5.41 Å². The van der Waals surface area contributed by atoms with E-state index in [1.54, 1.807) is 0 Å². The Bertz CT molecular complexity index is 175. The zero-order chi connectivity index (χ0) is 11.2. The van der Waals surface area contributed by atoms with Crippen molar-refractivity contribution in [1.82, 2.24) is 0 Å². The van der Waals surface area contributed by atoms with Gasteiger partial charge in [0.2, 0.25) is 0 Å². The lowest BCUT2D eigenvalue weighted by Crippen LogP contribution is -2.28. The maximum atomic E-state index is 11.4. The highest BCUT2D eigenvalue weighted by Crippen LogP contribution is 2.15. The molecule has 0 saturated carbocycles. The third kappa shape index (κ3) is 5.56. The van der Waals surface area contributed by atoms with E-state index in [4.69, 9.17) is 9.47 Å². The summed E-state index contributed by atoms with van der Waals surface area (Å²) in [5.74, 6) is -0.177. The van der Waals surface area contributed by atoms with Crippen LogP contribution < -0.4 is 0 Å². The molecule has 0 bridgehead atoms. The quantitative estimate of drug-likeness (QED) is 0.526. The van der Waals surface area contributed by atoms with Gasteiger partial charge in [0.1, 0.15) is 6.61 Å². The molecule has 0 aliphatic heterocycles. The van der Waals surface area contributed by atoms with Gasteiger partial charge in [-0.1, -0.05) is 6.92 Å². The van der Waals surface area contributed by atoms with Crippen molar-refractivity contribution in [3.63, 3.8) is 0 Å². The molecular formula is C10H21O3P. The smallest absolute Gasteiger partial charge is 0.311 e. The topological polar surface area (TPSA) is 35.5 Å². The van der Waals surface area contributed by atoms with Gasteiger partial charge in [-0.3, -0.25) is 4.79 Å². The monoisotopic (exact) mass is 220 g/mol. The van der Waals surface area contributed by atoms with Gasteiger partial charge in [0, 0.05) is 0 Å². The second-order valence-electron chi connectivity index (χ2n) is 4.21. The van der Waals surface area contributed by atoms with Crippen molar-refractivity contribution in [2.75, 3.05) is 13.0 Å². The zero-order valence-corrected chi connectivity index (χ0v) is 10.7. The summed E-state index contributed by atoms with van der Waals surface area (Å²) in [4.78, 5) is 11.4. The Labute approximate surface area is 88.7 Å². The fourth-order valence-corrected chi connectivity index (χ4v) is 1.08. The Balaban J connectivity index is 3.85. The molecule has 4 heteroatoms. The van der Waals surface area contributed by atoms with Crippen molar-refractivity contribution in [1.29, 1.82) is 0 Å². The molecule has 0 heterocycles. The number of rotatable bonds is 5. The van der Waals surface area contributed by atoms with Gasteiger partial charge in [-0.15, -0.1) is 9.24 Å². The van der Waals surface area contributed by atoms with Gasteiger partial charge in [0.15, 0.2) is 0 Å². The lowest BCUT2D eigenvalue weighted by atomic mass is 9.97. The fraction of sp³-hybridized carbons (Fsp3) is 0.900. The summed E-state index contributed by atoms with van der Waals surface area (Å²) in [7, 11) is 2.49. The Morgan fingerprint density at radius 1 is 1.43 bits per heavy atom. The molecule has 84 valence electrons. The number of hydrogen-bond acceptors (Lipinski definition) is 3. The molecule has 0 fully saturated rings. The molecule has 0 saturated heterocycles. The van der Waals surface area contributed by atoms with Crippen LogP contribution in [0.4, 0.5) is 0 Å². The van der Waals surface area contributed by atoms with Gasteiger partial charge >= 0.3 is 5.97 Å². The van der Waals surface area contributed by atoms with Crippen molar-refractivity contribution in [2.45, 2.75) is 40.2 Å². The molecule has 0 N–H and O–H groups in total. The summed E-state index contributed by atoms with van der Waals surface area (Å²) < 4.78 is 10.5. The van der Waals surface area contributed by atoms with Gasteiger partial charge in [-0.2, -0.15) is 0 Å². The summed E-state index contributed by atoms with van der Waals surface area (Å²) >= 11 is 0. The van der Waals surface area contributed by atoms with E-state index in [1.807, 2.05) is 27.7 Å². The number of esters is 1. The minimum absolute atomic E-state index is 0.0128. The maximum absolute atomic E-state index is 11.4. The summed E-state index contributed by atoms with van der Waals surface area (Å²) in [5, 5.41) is 0. The molecule has 2 unspecified atom stereocenters. The average Bonchev–Trinajstić information content (AvgIpc) is 2.10. The van der Waals surface area contributed by atoms with E-state index < -0.39 is 5.41 Å². The first-order valence-corrected chi connectivity index (χ1v) is 5.72. The number of carbonyl (C=O) groups is 1. The Hall–Kier alpha value is -0.140. The van der Waals surface area contributed by atoms with Crippen LogP contribution in [0.3, 0.4) is 0 Å². The minimum atomic E-state index is -0.431. The van der Waals surface area contributed by atoms with Crippen molar-refractivity contribution < 1.29 is 14.3 Å². The van der Waals surface area contributed by atoms with E-state index >= 15 is 0 Å². The fourth-order valence-electron chi connectivity index (χ4n) is 0.805. The molecule has 0 aliphatic carbocycles. The first kappa shape index (κ1) is 13.9. The summed E-state index contributed by atoms with van der Waals surface area (Å²) in [5.41, 5.74) is -0.431. The van der Waals surface area contributed by atoms with E-state index in [-0.39, 0.29) is 12.1 Å². The van der Waals surface area contributed by atoms with E-state index in [0.717, 1.165) is 6.42 Å². The molecule has 0 rings (SSSR count). The van der Waals surface area contributed by atoms with Crippen LogP contribution in [0.25, 0.3) is 0 Å². The average molecular weight is 220 g/mol. The van der Waals surface area contributed by atoms with Crippen LogP contribution in [0, 0.1) is 5.41 Å². The predicted molar refractivity (Wildman–Crippen MR) is 60.2 cm³/mol. The molecule has 0 spiro atoms. The van der Waals surface area contributed by atoms with E-state index in [9.17, 15) is 4.79 Å². The van der Waals surface area contributed by atoms with Crippen molar-refractivity contribution >= 4 is 15.2 Å². The number of carbonyl (C=O) groups excluding carboxylic acids is 1. The van der Waals surface area contributed by atoms with Crippen LogP contribution in [0.5, 0.6) is 0 Å². The molecule has 0 radical (unpaired) electrons. The number of hydrogen-bond donors (Lipinski definition) is 0. The largest absolute Gasteiger partial charge is 0.463 e. The SMILES string of the molecule is CCC(COC(=O)C(C)(C)C)OCP. The highest BCUT2D eigenvalue weighted by molar-refractivity contribution is 7.16. The van der Waals surface area contributed by atoms with Crippen LogP contribution >= 0.6 is 9.24 Å². The molecule has 0 aliphatic rings. The van der Waals surface area contributed by atoms with E-state index in [0.29, 0.717) is 13.0 Å². The molecule has 14 heavy (non-hydrogen) atoms. The highest BCUT2D eigenvalue weighted by atomic mass is 31.0. The summed E-state index contributed by atoms with van der Waals surface area (Å²) in [6.07, 6.45) is 1.44. The molecule has 0 amide bonds. The minimum Gasteiger partial charge on any atom is -0.463 e. The third-order valence-corrected chi connectivity index (χ3v) is 1.99. The molecule has 0 aromatic rings. The molecule has 3 nitrogen and oxygen atoms in total. The van der Waals surface area contributed by atoms with Crippen LogP contribution in [0.15, 0.2) is 0 Å². The summed E-state index contributed by atoms with van der Waals surface area (Å²) in [6, 6.07) is 0. The number of ether oxygens (including phenoxy) is 2. The first-order valence-electron chi connectivity index (χ1n) is 4.90. The molecular weight excluding hydrogens is 199 g/mol. The normalized spacial score (nSPS) is 13.8. The zero-order valence-electron chi connectivity index (χ0n) is 9.50. The second kappa shape index (κ2) is 6.36. The van der Waals surface area contributed by atoms with Crippen molar-refractivity contribution in [3.8, 4) is 0 Å². The lowest BCUT2D eigenvalue weighted by molar-refractivity contribution is -0.156. The Kier molecular flexibility index (Phi) is 6.30. The lowest BCUT2D eigenvalue weighted by Gasteiger charge is -2.20. The van der Waals surface area contributed by atoms with Gasteiger partial charge in [0.05, 0.1) is 17.9 Å². The maximum Gasteiger partial charge on any atom is 0.311 e. The van der Waals surface area contributed by atoms with Crippen molar-refractivity contribution in [3.05, 3.63) is 0 Å². The van der Waals surface area contributed by atoms with E-state index in [1.165, 1.54) is 0 Å². The van der Waals surface area contributed by atoms with Gasteiger partial charge < -0.3 is 9.47 Å². The van der Waals surface area contributed by atoms with Gasteiger partial charge in [0.25, 0.3) is 0 Å². The molecule has 0 aromatic heterocycles. The summed E-state index contributed by atoms with van der Waals surface area (Å²) in [6.45, 7) is 7.88. The molecule has 0 aromatic carbocycles. The standard InChI is InChI=1S/C10H21O3P/c1-5-8(13-7-14)6-12-9(11)10(2,3)4/h8H,5-7,14H2,1-4H3. The van der Waals surface area contributed by atoms with Crippen LogP contribution in [0.1, 0.15) is 34.1 Å². The second-order valence-corrected chi connectivity index (χ2v) is 4.55. The van der Waals surface area contributed by atoms with Crippen LogP contribution in [-0.4, -0.2) is 25.0 Å². The first-order chi connectivity index (χ1) is 6.41. The van der Waals surface area contributed by atoms with Gasteiger partial charge in [-0.25, -0.2) is 0 Å². The van der Waals surface area contributed by atoms with Crippen LogP contribution in [0.2, 0.25) is 0 Å². The Morgan fingerprint density at radius 2 is 2.00 bits per heavy atom. The van der Waals surface area contributed by atoms with Crippen LogP contribution in [-0.2, 0) is 14.3 Å². The predicted octanol–water partition coefficient (Wildman–Crippen LogP) is 2.20.